The second kappa shape index (κ2) is 4.43. The summed E-state index contributed by atoms with van der Waals surface area (Å²) in [5.74, 6) is 0.864. The normalized spacial score (nSPS) is 36.7. The van der Waals surface area contributed by atoms with Gasteiger partial charge in [0, 0.05) is 6.04 Å². The smallest absolute Gasteiger partial charge is 0.0643 e. The largest absolute Gasteiger partial charge is 0.378 e. The maximum absolute atomic E-state index is 5.18. The van der Waals surface area contributed by atoms with Crippen LogP contribution in [0.1, 0.15) is 39.0 Å². The van der Waals surface area contributed by atoms with Gasteiger partial charge in [0.15, 0.2) is 0 Å². The van der Waals surface area contributed by atoms with Gasteiger partial charge in [-0.2, -0.15) is 0 Å². The average molecular weight is 183 g/mol. The van der Waals surface area contributed by atoms with E-state index in [1.54, 1.807) is 0 Å². The first kappa shape index (κ1) is 9.47. The van der Waals surface area contributed by atoms with Gasteiger partial charge < -0.3 is 10.1 Å². The maximum Gasteiger partial charge on any atom is 0.0643 e. The summed E-state index contributed by atoms with van der Waals surface area (Å²) in [6.45, 7) is 4.26. The van der Waals surface area contributed by atoms with Crippen LogP contribution in [0.15, 0.2) is 0 Å². The molecule has 1 aliphatic carbocycles. The van der Waals surface area contributed by atoms with Gasteiger partial charge >= 0.3 is 0 Å². The van der Waals surface area contributed by atoms with Gasteiger partial charge in [-0.15, -0.1) is 0 Å². The monoisotopic (exact) mass is 183 g/mol. The van der Waals surface area contributed by atoms with E-state index in [-0.39, 0.29) is 0 Å². The minimum Gasteiger partial charge on any atom is -0.378 e. The molecule has 2 fully saturated rings. The van der Waals surface area contributed by atoms with E-state index in [4.69, 9.17) is 4.74 Å². The van der Waals surface area contributed by atoms with Crippen molar-refractivity contribution in [1.82, 2.24) is 5.32 Å². The lowest BCUT2D eigenvalue weighted by atomic mass is 9.96. The molecule has 2 nitrogen and oxygen atoms in total. The SMILES string of the molecule is CC1CCCCCC1NC1COC1. The molecule has 2 rings (SSSR count). The molecule has 0 spiro atoms. The molecule has 2 atom stereocenters. The van der Waals surface area contributed by atoms with Crippen molar-refractivity contribution in [3.8, 4) is 0 Å². The highest BCUT2D eigenvalue weighted by Gasteiger charge is 2.25. The second-order valence-corrected chi connectivity index (χ2v) is 4.62. The average Bonchev–Trinajstić information content (AvgIpc) is 2.23. The molecule has 1 N–H and O–H groups in total. The molecule has 0 aromatic carbocycles. The van der Waals surface area contributed by atoms with Gasteiger partial charge in [-0.3, -0.25) is 0 Å². The molecule has 76 valence electrons. The number of ether oxygens (including phenoxy) is 1. The Morgan fingerprint density at radius 2 is 1.85 bits per heavy atom. The van der Waals surface area contributed by atoms with Crippen molar-refractivity contribution in [2.75, 3.05) is 13.2 Å². The molecule has 1 saturated heterocycles. The molecule has 0 aromatic rings. The Hall–Kier alpha value is -0.0800. The van der Waals surface area contributed by atoms with Crippen LogP contribution >= 0.6 is 0 Å². The number of rotatable bonds is 2. The third-order valence-electron chi connectivity index (χ3n) is 3.45. The summed E-state index contributed by atoms with van der Waals surface area (Å²) in [5.41, 5.74) is 0. The summed E-state index contributed by atoms with van der Waals surface area (Å²) in [7, 11) is 0. The molecule has 2 aliphatic rings. The van der Waals surface area contributed by atoms with Gasteiger partial charge in [-0.1, -0.05) is 26.2 Å². The highest BCUT2D eigenvalue weighted by molar-refractivity contribution is 4.83. The van der Waals surface area contributed by atoms with Crippen molar-refractivity contribution >= 4 is 0 Å². The molecular formula is C11H21NO. The summed E-state index contributed by atoms with van der Waals surface area (Å²) < 4.78 is 5.18. The van der Waals surface area contributed by atoms with Crippen molar-refractivity contribution in [3.05, 3.63) is 0 Å². The van der Waals surface area contributed by atoms with Crippen LogP contribution in [0.4, 0.5) is 0 Å². The Kier molecular flexibility index (Phi) is 3.23. The molecule has 0 radical (unpaired) electrons. The van der Waals surface area contributed by atoms with Gasteiger partial charge in [-0.05, 0) is 18.8 Å². The van der Waals surface area contributed by atoms with Gasteiger partial charge in [0.05, 0.1) is 19.3 Å². The first-order chi connectivity index (χ1) is 6.36. The zero-order valence-electron chi connectivity index (χ0n) is 8.59. The van der Waals surface area contributed by atoms with Gasteiger partial charge in [-0.25, -0.2) is 0 Å². The lowest BCUT2D eigenvalue weighted by Gasteiger charge is -2.33. The van der Waals surface area contributed by atoms with Crippen LogP contribution < -0.4 is 5.32 Å². The van der Waals surface area contributed by atoms with E-state index in [1.807, 2.05) is 0 Å². The van der Waals surface area contributed by atoms with Crippen molar-refractivity contribution < 1.29 is 4.74 Å². The Bertz CT molecular complexity index is 156. The molecular weight excluding hydrogens is 162 g/mol. The fourth-order valence-corrected chi connectivity index (χ4v) is 2.38. The van der Waals surface area contributed by atoms with Crippen LogP contribution in [0, 0.1) is 5.92 Å². The van der Waals surface area contributed by atoms with Crippen LogP contribution in [0.25, 0.3) is 0 Å². The minimum absolute atomic E-state index is 0.658. The van der Waals surface area contributed by atoms with Crippen molar-refractivity contribution in [2.45, 2.75) is 51.1 Å². The van der Waals surface area contributed by atoms with Crippen molar-refractivity contribution in [2.24, 2.45) is 5.92 Å². The van der Waals surface area contributed by atoms with E-state index in [0.29, 0.717) is 6.04 Å². The predicted molar refractivity (Wildman–Crippen MR) is 53.8 cm³/mol. The number of hydrogen-bond donors (Lipinski definition) is 1. The summed E-state index contributed by atoms with van der Waals surface area (Å²) in [6.07, 6.45) is 7.06. The topological polar surface area (TPSA) is 21.3 Å². The molecule has 2 heteroatoms. The molecule has 0 amide bonds. The van der Waals surface area contributed by atoms with Crippen LogP contribution in [0.2, 0.25) is 0 Å². The lowest BCUT2D eigenvalue weighted by Crippen LogP contribution is -2.51. The summed E-state index contributed by atoms with van der Waals surface area (Å²) >= 11 is 0. The van der Waals surface area contributed by atoms with Crippen LogP contribution in [0.3, 0.4) is 0 Å². The van der Waals surface area contributed by atoms with Crippen LogP contribution in [-0.4, -0.2) is 25.3 Å². The number of hydrogen-bond acceptors (Lipinski definition) is 2. The summed E-state index contributed by atoms with van der Waals surface area (Å²) in [6, 6.07) is 1.42. The Morgan fingerprint density at radius 3 is 2.54 bits per heavy atom. The van der Waals surface area contributed by atoms with Crippen LogP contribution in [-0.2, 0) is 4.74 Å². The van der Waals surface area contributed by atoms with Gasteiger partial charge in [0.1, 0.15) is 0 Å². The zero-order valence-corrected chi connectivity index (χ0v) is 8.59. The summed E-state index contributed by atoms with van der Waals surface area (Å²) in [4.78, 5) is 0. The van der Waals surface area contributed by atoms with Gasteiger partial charge in [0.2, 0.25) is 0 Å². The fraction of sp³-hybridized carbons (Fsp3) is 1.00. The highest BCUT2D eigenvalue weighted by atomic mass is 16.5. The third kappa shape index (κ3) is 2.44. The van der Waals surface area contributed by atoms with E-state index >= 15 is 0 Å². The predicted octanol–water partition coefficient (Wildman–Crippen LogP) is 1.94. The maximum atomic E-state index is 5.18. The van der Waals surface area contributed by atoms with E-state index in [9.17, 15) is 0 Å². The Morgan fingerprint density at radius 1 is 1.08 bits per heavy atom. The van der Waals surface area contributed by atoms with E-state index in [0.717, 1.165) is 25.2 Å². The molecule has 0 bridgehead atoms. The molecule has 1 aliphatic heterocycles. The first-order valence-electron chi connectivity index (χ1n) is 5.70. The number of nitrogens with one attached hydrogen (secondary N) is 1. The van der Waals surface area contributed by atoms with Crippen LogP contribution in [0.5, 0.6) is 0 Å². The second-order valence-electron chi connectivity index (χ2n) is 4.62. The van der Waals surface area contributed by atoms with Crippen molar-refractivity contribution in [3.63, 3.8) is 0 Å². The Balaban J connectivity index is 1.79. The highest BCUT2D eigenvalue weighted by Crippen LogP contribution is 2.23. The van der Waals surface area contributed by atoms with E-state index < -0.39 is 0 Å². The molecule has 13 heavy (non-hydrogen) atoms. The zero-order chi connectivity index (χ0) is 9.10. The minimum atomic E-state index is 0.658. The lowest BCUT2D eigenvalue weighted by molar-refractivity contribution is -0.0132. The van der Waals surface area contributed by atoms with E-state index in [1.165, 1.54) is 32.1 Å². The first-order valence-corrected chi connectivity index (χ1v) is 5.70. The Labute approximate surface area is 81.0 Å². The quantitative estimate of drug-likeness (QED) is 0.661. The van der Waals surface area contributed by atoms with E-state index in [2.05, 4.69) is 12.2 Å². The summed E-state index contributed by atoms with van der Waals surface area (Å²) in [5, 5.41) is 3.72. The molecule has 2 unspecified atom stereocenters. The molecule has 1 heterocycles. The fourth-order valence-electron chi connectivity index (χ4n) is 2.38. The van der Waals surface area contributed by atoms with Crippen molar-refractivity contribution in [1.29, 1.82) is 0 Å². The third-order valence-corrected chi connectivity index (χ3v) is 3.45. The molecule has 1 saturated carbocycles. The standard InChI is InChI=1S/C11H21NO/c1-9-5-3-2-4-6-11(9)12-10-7-13-8-10/h9-12H,2-8H2,1H3. The van der Waals surface area contributed by atoms with Gasteiger partial charge in [0.25, 0.3) is 0 Å². The molecule has 0 aromatic heterocycles.